The standard InChI is InChI=1S/C17H25F3N6OS.HI/c1-21-16(22-10-14-23-13(12-28-14)17(18,19)20)26-8-6-24(7-9-26)11-15(27)25-4-2-3-5-25;/h12H,2-11H2,1H3,(H,21,22);1H. The summed E-state index contributed by atoms with van der Waals surface area (Å²) in [5.74, 6) is 0.826. The van der Waals surface area contributed by atoms with E-state index in [-0.39, 0.29) is 36.4 Å². The Morgan fingerprint density at radius 1 is 1.17 bits per heavy atom. The molecule has 0 saturated carbocycles. The maximum atomic E-state index is 12.6. The SMILES string of the molecule is CN=C(NCc1nc(C(F)(F)F)cs1)N1CCN(CC(=O)N2CCCC2)CC1.I. The predicted molar refractivity (Wildman–Crippen MR) is 117 cm³/mol. The lowest BCUT2D eigenvalue weighted by Crippen LogP contribution is -2.54. The number of aliphatic imine (C=N–C) groups is 1. The largest absolute Gasteiger partial charge is 0.434 e. The van der Waals surface area contributed by atoms with Crippen molar-refractivity contribution < 1.29 is 18.0 Å². The normalized spacial score (nSPS) is 18.7. The van der Waals surface area contributed by atoms with E-state index in [1.807, 2.05) is 4.90 Å². The van der Waals surface area contributed by atoms with Crippen molar-refractivity contribution >= 4 is 47.2 Å². The number of guanidine groups is 1. The molecule has 0 radical (unpaired) electrons. The molecule has 0 atom stereocenters. The highest BCUT2D eigenvalue weighted by Gasteiger charge is 2.33. The van der Waals surface area contributed by atoms with Gasteiger partial charge in [-0.3, -0.25) is 14.7 Å². The number of likely N-dealkylation sites (tertiary alicyclic amines) is 1. The number of carbonyl (C=O) groups is 1. The van der Waals surface area contributed by atoms with Crippen LogP contribution >= 0.6 is 35.3 Å². The molecular formula is C17H26F3IN6OS. The third-order valence-corrected chi connectivity index (χ3v) is 5.79. The van der Waals surface area contributed by atoms with Crippen LogP contribution < -0.4 is 5.32 Å². The van der Waals surface area contributed by atoms with Gasteiger partial charge in [0.25, 0.3) is 0 Å². The van der Waals surface area contributed by atoms with Crippen molar-refractivity contribution in [2.24, 2.45) is 4.99 Å². The zero-order chi connectivity index (χ0) is 20.1. The third-order valence-electron chi connectivity index (χ3n) is 4.94. The smallest absolute Gasteiger partial charge is 0.350 e. The van der Waals surface area contributed by atoms with Crippen LogP contribution in [-0.4, -0.2) is 84.4 Å². The molecule has 2 fully saturated rings. The van der Waals surface area contributed by atoms with Crippen molar-refractivity contribution in [3.05, 3.63) is 16.1 Å². The van der Waals surface area contributed by atoms with Gasteiger partial charge in [0, 0.05) is 51.7 Å². The van der Waals surface area contributed by atoms with Crippen molar-refractivity contribution in [2.75, 3.05) is 52.9 Å². The van der Waals surface area contributed by atoms with Gasteiger partial charge in [-0.05, 0) is 12.8 Å². The van der Waals surface area contributed by atoms with Crippen LogP contribution in [0.15, 0.2) is 10.4 Å². The molecule has 2 saturated heterocycles. The zero-order valence-electron chi connectivity index (χ0n) is 16.2. The number of hydrogen-bond donors (Lipinski definition) is 1. The van der Waals surface area contributed by atoms with Crippen LogP contribution in [0.4, 0.5) is 13.2 Å². The summed E-state index contributed by atoms with van der Waals surface area (Å²) < 4.78 is 37.9. The second-order valence-electron chi connectivity index (χ2n) is 6.88. The summed E-state index contributed by atoms with van der Waals surface area (Å²) in [5.41, 5.74) is -0.861. The van der Waals surface area contributed by atoms with Crippen LogP contribution in [0.25, 0.3) is 0 Å². The van der Waals surface area contributed by atoms with Gasteiger partial charge in [0.2, 0.25) is 5.91 Å². The molecular weight excluding hydrogens is 520 g/mol. The van der Waals surface area contributed by atoms with Crippen molar-refractivity contribution in [1.82, 2.24) is 25.0 Å². The molecule has 0 aromatic carbocycles. The number of thiazole rings is 1. The molecule has 0 spiro atoms. The summed E-state index contributed by atoms with van der Waals surface area (Å²) in [7, 11) is 1.65. The maximum Gasteiger partial charge on any atom is 0.434 e. The predicted octanol–water partition coefficient (Wildman–Crippen LogP) is 2.10. The van der Waals surface area contributed by atoms with Crippen LogP contribution in [0.3, 0.4) is 0 Å². The number of rotatable bonds is 4. The first-order valence-corrected chi connectivity index (χ1v) is 10.2. The molecule has 12 heteroatoms. The van der Waals surface area contributed by atoms with Crippen LogP contribution in [-0.2, 0) is 17.5 Å². The molecule has 1 N–H and O–H groups in total. The summed E-state index contributed by atoms with van der Waals surface area (Å²) in [5, 5.41) is 4.47. The number of alkyl halides is 3. The molecule has 2 aliphatic heterocycles. The number of hydrogen-bond acceptors (Lipinski definition) is 5. The summed E-state index contributed by atoms with van der Waals surface area (Å²) in [6, 6.07) is 0. The number of halogens is 4. The van der Waals surface area contributed by atoms with Gasteiger partial charge in [-0.2, -0.15) is 13.2 Å². The zero-order valence-corrected chi connectivity index (χ0v) is 19.4. The molecule has 0 bridgehead atoms. The average molecular weight is 546 g/mol. The highest BCUT2D eigenvalue weighted by molar-refractivity contribution is 14.0. The topological polar surface area (TPSA) is 64.1 Å². The van der Waals surface area contributed by atoms with Gasteiger partial charge >= 0.3 is 6.18 Å². The van der Waals surface area contributed by atoms with Crippen molar-refractivity contribution in [3.63, 3.8) is 0 Å². The van der Waals surface area contributed by atoms with Gasteiger partial charge in [-0.15, -0.1) is 35.3 Å². The number of nitrogens with one attached hydrogen (secondary N) is 1. The minimum atomic E-state index is -4.42. The van der Waals surface area contributed by atoms with E-state index in [0.717, 1.165) is 55.7 Å². The fraction of sp³-hybridized carbons (Fsp3) is 0.706. The molecule has 1 aromatic heterocycles. The van der Waals surface area contributed by atoms with E-state index in [4.69, 9.17) is 0 Å². The van der Waals surface area contributed by atoms with Gasteiger partial charge < -0.3 is 15.1 Å². The Morgan fingerprint density at radius 2 is 1.83 bits per heavy atom. The van der Waals surface area contributed by atoms with E-state index in [0.29, 0.717) is 30.6 Å². The van der Waals surface area contributed by atoms with Crippen molar-refractivity contribution in [3.8, 4) is 0 Å². The molecule has 1 aromatic rings. The summed E-state index contributed by atoms with van der Waals surface area (Å²) in [6.45, 7) is 5.27. The van der Waals surface area contributed by atoms with Crippen LogP contribution in [0.2, 0.25) is 0 Å². The first kappa shape index (κ1) is 24.1. The van der Waals surface area contributed by atoms with Gasteiger partial charge in [-0.25, -0.2) is 4.98 Å². The van der Waals surface area contributed by atoms with E-state index < -0.39 is 11.9 Å². The first-order valence-electron chi connectivity index (χ1n) is 9.34. The molecule has 3 heterocycles. The molecule has 164 valence electrons. The molecule has 2 aliphatic rings. The number of aromatic nitrogens is 1. The quantitative estimate of drug-likeness (QED) is 0.356. The van der Waals surface area contributed by atoms with E-state index in [1.165, 1.54) is 0 Å². The minimum absolute atomic E-state index is 0. The molecule has 7 nitrogen and oxygen atoms in total. The van der Waals surface area contributed by atoms with Gasteiger partial charge in [-0.1, -0.05) is 0 Å². The second kappa shape index (κ2) is 10.8. The third kappa shape index (κ3) is 6.67. The Balaban J connectivity index is 0.00000300. The number of carbonyl (C=O) groups excluding carboxylic acids is 1. The van der Waals surface area contributed by atoms with Gasteiger partial charge in [0.1, 0.15) is 5.01 Å². The van der Waals surface area contributed by atoms with E-state index in [2.05, 4.69) is 25.1 Å². The lowest BCUT2D eigenvalue weighted by atomic mass is 10.3. The van der Waals surface area contributed by atoms with E-state index in [1.54, 1.807) is 7.05 Å². The molecule has 0 aliphatic carbocycles. The number of amides is 1. The van der Waals surface area contributed by atoms with E-state index in [9.17, 15) is 18.0 Å². The monoisotopic (exact) mass is 546 g/mol. The fourth-order valence-electron chi connectivity index (χ4n) is 3.38. The molecule has 29 heavy (non-hydrogen) atoms. The van der Waals surface area contributed by atoms with Gasteiger partial charge in [0.15, 0.2) is 11.7 Å². The van der Waals surface area contributed by atoms with Crippen LogP contribution in [0, 0.1) is 0 Å². The Labute approximate surface area is 189 Å². The van der Waals surface area contributed by atoms with Crippen molar-refractivity contribution in [1.29, 1.82) is 0 Å². The average Bonchev–Trinajstić information content (AvgIpc) is 3.35. The Kier molecular flexibility index (Phi) is 8.94. The van der Waals surface area contributed by atoms with Gasteiger partial charge in [0.05, 0.1) is 13.1 Å². The summed E-state index contributed by atoms with van der Waals surface area (Å²) in [6.07, 6.45) is -2.24. The Hall–Kier alpha value is -1.15. The molecule has 0 unspecified atom stereocenters. The molecule has 1 amide bonds. The van der Waals surface area contributed by atoms with Crippen molar-refractivity contribution in [2.45, 2.75) is 25.6 Å². The molecule has 3 rings (SSSR count). The summed E-state index contributed by atoms with van der Waals surface area (Å²) in [4.78, 5) is 26.2. The Bertz CT molecular complexity index is 700. The highest BCUT2D eigenvalue weighted by Crippen LogP contribution is 2.29. The fourth-order valence-corrected chi connectivity index (χ4v) is 4.13. The second-order valence-corrected chi connectivity index (χ2v) is 7.82. The summed E-state index contributed by atoms with van der Waals surface area (Å²) >= 11 is 0.977. The lowest BCUT2D eigenvalue weighted by molar-refractivity contribution is -0.140. The highest BCUT2D eigenvalue weighted by atomic mass is 127. The number of piperazine rings is 1. The Morgan fingerprint density at radius 3 is 2.38 bits per heavy atom. The maximum absolute atomic E-state index is 12.6. The van der Waals surface area contributed by atoms with Crippen LogP contribution in [0.1, 0.15) is 23.5 Å². The lowest BCUT2D eigenvalue weighted by Gasteiger charge is -2.36. The van der Waals surface area contributed by atoms with Crippen LogP contribution in [0.5, 0.6) is 0 Å². The minimum Gasteiger partial charge on any atom is -0.350 e. The van der Waals surface area contributed by atoms with E-state index >= 15 is 0 Å². The first-order chi connectivity index (χ1) is 13.4. The number of nitrogens with zero attached hydrogens (tertiary/aromatic N) is 5.